The SMILES string of the molecule is O=C(O)CCC1CCN(Cc2ccc(Oc3nc4ccccc4s3)cc2)CC1. The molecule has 6 heteroatoms. The Morgan fingerprint density at radius 1 is 1.14 bits per heavy atom. The van der Waals surface area contributed by atoms with E-state index in [1.807, 2.05) is 36.4 Å². The molecule has 5 nitrogen and oxygen atoms in total. The number of fused-ring (bicyclic) bond motifs is 1. The molecule has 0 amide bonds. The molecule has 0 saturated carbocycles. The van der Waals surface area contributed by atoms with Crippen molar-refractivity contribution in [1.82, 2.24) is 9.88 Å². The van der Waals surface area contributed by atoms with Gasteiger partial charge in [0, 0.05) is 13.0 Å². The highest BCUT2D eigenvalue weighted by Crippen LogP contribution is 2.31. The molecule has 1 fully saturated rings. The predicted octanol–water partition coefficient (Wildman–Crippen LogP) is 5.17. The number of para-hydroxylation sites is 1. The Kier molecular flexibility index (Phi) is 5.88. The molecule has 4 rings (SSSR count). The third-order valence-electron chi connectivity index (χ3n) is 5.28. The van der Waals surface area contributed by atoms with Crippen LogP contribution >= 0.6 is 11.3 Å². The van der Waals surface area contributed by atoms with Crippen molar-refractivity contribution in [3.05, 3.63) is 54.1 Å². The van der Waals surface area contributed by atoms with Crippen LogP contribution in [0, 0.1) is 5.92 Å². The van der Waals surface area contributed by atoms with Crippen LogP contribution in [0.5, 0.6) is 10.9 Å². The Morgan fingerprint density at radius 2 is 1.89 bits per heavy atom. The maximum absolute atomic E-state index is 10.7. The number of ether oxygens (including phenoxy) is 1. The fourth-order valence-electron chi connectivity index (χ4n) is 3.68. The lowest BCUT2D eigenvalue weighted by Crippen LogP contribution is -2.33. The van der Waals surface area contributed by atoms with E-state index >= 15 is 0 Å². The number of benzene rings is 2. The second-order valence-corrected chi connectivity index (χ2v) is 8.34. The van der Waals surface area contributed by atoms with Crippen molar-refractivity contribution in [3.63, 3.8) is 0 Å². The normalized spacial score (nSPS) is 15.7. The van der Waals surface area contributed by atoms with Crippen molar-refractivity contribution in [2.45, 2.75) is 32.2 Å². The average Bonchev–Trinajstić information content (AvgIpc) is 3.11. The Bertz CT molecular complexity index is 897. The Morgan fingerprint density at radius 3 is 2.61 bits per heavy atom. The minimum absolute atomic E-state index is 0.292. The number of hydrogen-bond acceptors (Lipinski definition) is 5. The highest BCUT2D eigenvalue weighted by Gasteiger charge is 2.19. The summed E-state index contributed by atoms with van der Waals surface area (Å²) < 4.78 is 7.04. The first kappa shape index (κ1) is 18.9. The zero-order chi connectivity index (χ0) is 19.3. The highest BCUT2D eigenvalue weighted by atomic mass is 32.1. The molecule has 28 heavy (non-hydrogen) atoms. The lowest BCUT2D eigenvalue weighted by atomic mass is 9.92. The van der Waals surface area contributed by atoms with Gasteiger partial charge in [-0.3, -0.25) is 9.69 Å². The van der Waals surface area contributed by atoms with E-state index < -0.39 is 5.97 Å². The third-order valence-corrected chi connectivity index (χ3v) is 6.20. The van der Waals surface area contributed by atoms with Crippen LogP contribution < -0.4 is 4.74 Å². The molecule has 0 aliphatic carbocycles. The van der Waals surface area contributed by atoms with Gasteiger partial charge in [-0.05, 0) is 68.1 Å². The molecule has 1 aromatic heterocycles. The molecule has 0 radical (unpaired) electrons. The molecule has 0 atom stereocenters. The number of carbonyl (C=O) groups is 1. The van der Waals surface area contributed by atoms with Crippen molar-refractivity contribution in [1.29, 1.82) is 0 Å². The molecule has 0 unspecified atom stereocenters. The van der Waals surface area contributed by atoms with Gasteiger partial charge in [0.1, 0.15) is 5.75 Å². The number of carboxylic acid groups (broad SMARTS) is 1. The first-order chi connectivity index (χ1) is 13.7. The molecule has 1 N–H and O–H groups in total. The van der Waals surface area contributed by atoms with Gasteiger partial charge in [0.15, 0.2) is 0 Å². The van der Waals surface area contributed by atoms with E-state index in [1.165, 1.54) is 5.56 Å². The van der Waals surface area contributed by atoms with Gasteiger partial charge in [-0.1, -0.05) is 35.6 Å². The summed E-state index contributed by atoms with van der Waals surface area (Å²) in [5.74, 6) is 0.669. The van der Waals surface area contributed by atoms with E-state index in [9.17, 15) is 4.79 Å². The van der Waals surface area contributed by atoms with Crippen LogP contribution in [0.2, 0.25) is 0 Å². The molecule has 1 saturated heterocycles. The molecular weight excluding hydrogens is 372 g/mol. The minimum atomic E-state index is -0.685. The minimum Gasteiger partial charge on any atom is -0.481 e. The summed E-state index contributed by atoms with van der Waals surface area (Å²) in [5, 5.41) is 9.48. The monoisotopic (exact) mass is 396 g/mol. The lowest BCUT2D eigenvalue weighted by molar-refractivity contribution is -0.137. The van der Waals surface area contributed by atoms with Gasteiger partial charge in [0.25, 0.3) is 5.19 Å². The molecule has 1 aliphatic rings. The van der Waals surface area contributed by atoms with Crippen LogP contribution in [0.4, 0.5) is 0 Å². The quantitative estimate of drug-likeness (QED) is 0.597. The predicted molar refractivity (Wildman–Crippen MR) is 111 cm³/mol. The first-order valence-electron chi connectivity index (χ1n) is 9.72. The van der Waals surface area contributed by atoms with Gasteiger partial charge < -0.3 is 9.84 Å². The Balaban J connectivity index is 1.28. The van der Waals surface area contributed by atoms with Gasteiger partial charge in [-0.25, -0.2) is 4.98 Å². The Labute approximate surface area is 168 Å². The largest absolute Gasteiger partial charge is 0.481 e. The fraction of sp³-hybridized carbons (Fsp3) is 0.364. The van der Waals surface area contributed by atoms with Gasteiger partial charge in [0.05, 0.1) is 10.2 Å². The van der Waals surface area contributed by atoms with E-state index in [-0.39, 0.29) is 0 Å². The van der Waals surface area contributed by atoms with Crippen LogP contribution in [0.25, 0.3) is 10.2 Å². The second kappa shape index (κ2) is 8.71. The van der Waals surface area contributed by atoms with Crippen molar-refractivity contribution in [3.8, 4) is 10.9 Å². The van der Waals surface area contributed by atoms with Crippen LogP contribution in [-0.4, -0.2) is 34.0 Å². The molecule has 146 valence electrons. The van der Waals surface area contributed by atoms with E-state index in [1.54, 1.807) is 11.3 Å². The number of carboxylic acids is 1. The average molecular weight is 397 g/mol. The number of likely N-dealkylation sites (tertiary alicyclic amines) is 1. The summed E-state index contributed by atoms with van der Waals surface area (Å²) in [6, 6.07) is 16.3. The van der Waals surface area contributed by atoms with Crippen molar-refractivity contribution in [2.24, 2.45) is 5.92 Å². The summed E-state index contributed by atoms with van der Waals surface area (Å²) in [6.07, 6.45) is 3.28. The summed E-state index contributed by atoms with van der Waals surface area (Å²) in [6.45, 7) is 3.00. The van der Waals surface area contributed by atoms with Crippen LogP contribution in [0.15, 0.2) is 48.5 Å². The smallest absolute Gasteiger partial charge is 0.303 e. The number of rotatable bonds is 7. The number of piperidine rings is 1. The molecule has 2 aromatic carbocycles. The lowest BCUT2D eigenvalue weighted by Gasteiger charge is -2.31. The van der Waals surface area contributed by atoms with Crippen molar-refractivity contribution >= 4 is 27.5 Å². The van der Waals surface area contributed by atoms with E-state index in [0.717, 1.165) is 54.9 Å². The fourth-order valence-corrected chi connectivity index (χ4v) is 4.51. The number of nitrogens with zero attached hydrogens (tertiary/aromatic N) is 2. The molecular formula is C22H24N2O3S. The number of aromatic nitrogens is 1. The number of hydrogen-bond donors (Lipinski definition) is 1. The molecule has 0 bridgehead atoms. The second-order valence-electron chi connectivity index (χ2n) is 7.35. The van der Waals surface area contributed by atoms with Gasteiger partial charge in [0.2, 0.25) is 0 Å². The highest BCUT2D eigenvalue weighted by molar-refractivity contribution is 7.20. The van der Waals surface area contributed by atoms with E-state index in [2.05, 4.69) is 22.0 Å². The van der Waals surface area contributed by atoms with Gasteiger partial charge in [-0.15, -0.1) is 0 Å². The number of aliphatic carboxylic acids is 1. The summed E-state index contributed by atoms with van der Waals surface area (Å²) in [4.78, 5) is 17.7. The zero-order valence-corrected chi connectivity index (χ0v) is 16.5. The maximum atomic E-state index is 10.7. The topological polar surface area (TPSA) is 62.7 Å². The molecule has 1 aliphatic heterocycles. The summed E-state index contributed by atoms with van der Waals surface area (Å²) in [7, 11) is 0. The maximum Gasteiger partial charge on any atom is 0.303 e. The molecule has 0 spiro atoms. The van der Waals surface area contributed by atoms with Crippen LogP contribution in [-0.2, 0) is 11.3 Å². The molecule has 3 aromatic rings. The Hall–Kier alpha value is -2.44. The standard InChI is InChI=1S/C22H24N2O3S/c25-21(26)10-7-16-11-13-24(14-12-16)15-17-5-8-18(9-6-17)27-22-23-19-3-1-2-4-20(19)28-22/h1-6,8-9,16H,7,10-15H2,(H,25,26). The zero-order valence-electron chi connectivity index (χ0n) is 15.7. The van der Waals surface area contributed by atoms with Crippen molar-refractivity contribution < 1.29 is 14.6 Å². The van der Waals surface area contributed by atoms with Crippen molar-refractivity contribution in [2.75, 3.05) is 13.1 Å². The van der Waals surface area contributed by atoms with Gasteiger partial charge >= 0.3 is 5.97 Å². The summed E-state index contributed by atoms with van der Waals surface area (Å²) in [5.41, 5.74) is 2.23. The van der Waals surface area contributed by atoms with Crippen LogP contribution in [0.3, 0.4) is 0 Å². The number of thiazole rings is 1. The molecule has 2 heterocycles. The van der Waals surface area contributed by atoms with Gasteiger partial charge in [-0.2, -0.15) is 0 Å². The van der Waals surface area contributed by atoms with E-state index in [4.69, 9.17) is 9.84 Å². The first-order valence-corrected chi connectivity index (χ1v) is 10.5. The third kappa shape index (κ3) is 4.88. The summed E-state index contributed by atoms with van der Waals surface area (Å²) >= 11 is 1.55. The van der Waals surface area contributed by atoms with E-state index in [0.29, 0.717) is 17.5 Å². The van der Waals surface area contributed by atoms with Crippen LogP contribution in [0.1, 0.15) is 31.2 Å².